The molecule has 0 unspecified atom stereocenters. The molecule has 2 aliphatic rings. The van der Waals surface area contributed by atoms with E-state index in [4.69, 9.17) is 9.97 Å². The molecule has 1 atom stereocenters. The fourth-order valence-corrected chi connectivity index (χ4v) is 4.03. The minimum absolute atomic E-state index is 0.429. The van der Waals surface area contributed by atoms with E-state index in [0.29, 0.717) is 12.0 Å². The first-order valence-electron chi connectivity index (χ1n) is 10.3. The van der Waals surface area contributed by atoms with Gasteiger partial charge in [-0.05, 0) is 42.9 Å². The summed E-state index contributed by atoms with van der Waals surface area (Å²) in [6.45, 7) is 3.95. The smallest absolute Gasteiger partial charge is 0.225 e. The van der Waals surface area contributed by atoms with Crippen molar-refractivity contribution in [1.82, 2.24) is 9.97 Å². The van der Waals surface area contributed by atoms with Crippen molar-refractivity contribution in [1.29, 1.82) is 0 Å². The molecule has 0 amide bonds. The first kappa shape index (κ1) is 17.2. The van der Waals surface area contributed by atoms with E-state index in [1.54, 1.807) is 0 Å². The lowest BCUT2D eigenvalue weighted by atomic mass is 9.95. The Labute approximate surface area is 166 Å². The number of hydrogen-bond donors (Lipinski definition) is 1. The Bertz CT molecular complexity index is 965. The van der Waals surface area contributed by atoms with Crippen molar-refractivity contribution >= 4 is 11.8 Å². The lowest BCUT2D eigenvalue weighted by Crippen LogP contribution is -2.39. The topological polar surface area (TPSA) is 41.1 Å². The van der Waals surface area contributed by atoms with Crippen LogP contribution in [0.2, 0.25) is 0 Å². The molecular formula is C24H26N4. The van der Waals surface area contributed by atoms with Gasteiger partial charge < -0.3 is 10.2 Å². The maximum absolute atomic E-state index is 4.91. The molecule has 0 radical (unpaired) electrons. The van der Waals surface area contributed by atoms with Gasteiger partial charge in [0.05, 0.1) is 5.69 Å². The second-order valence-corrected chi connectivity index (χ2v) is 8.04. The zero-order valence-corrected chi connectivity index (χ0v) is 16.3. The van der Waals surface area contributed by atoms with Crippen LogP contribution < -0.4 is 10.2 Å². The molecule has 1 aliphatic carbocycles. The molecule has 4 nitrogen and oxygen atoms in total. The molecule has 1 N–H and O–H groups in total. The van der Waals surface area contributed by atoms with Crippen LogP contribution in [0.25, 0.3) is 0 Å². The number of rotatable bonds is 5. The molecule has 28 heavy (non-hydrogen) atoms. The highest BCUT2D eigenvalue weighted by Crippen LogP contribution is 2.41. The van der Waals surface area contributed by atoms with Crippen LogP contribution in [-0.4, -0.2) is 16.0 Å². The van der Waals surface area contributed by atoms with Gasteiger partial charge in [0.2, 0.25) is 5.95 Å². The summed E-state index contributed by atoms with van der Waals surface area (Å²) >= 11 is 0. The van der Waals surface area contributed by atoms with Gasteiger partial charge in [0.25, 0.3) is 0 Å². The third-order valence-corrected chi connectivity index (χ3v) is 5.82. The van der Waals surface area contributed by atoms with E-state index in [1.807, 2.05) is 6.07 Å². The molecule has 4 heteroatoms. The van der Waals surface area contributed by atoms with E-state index in [0.717, 1.165) is 31.3 Å². The molecule has 142 valence electrons. The number of benzene rings is 2. The van der Waals surface area contributed by atoms with Gasteiger partial charge in [-0.15, -0.1) is 0 Å². The zero-order chi connectivity index (χ0) is 18.9. The van der Waals surface area contributed by atoms with E-state index in [-0.39, 0.29) is 0 Å². The van der Waals surface area contributed by atoms with E-state index in [9.17, 15) is 0 Å². The lowest BCUT2D eigenvalue weighted by molar-refractivity contribution is 0.586. The third-order valence-electron chi connectivity index (χ3n) is 5.82. The molecule has 3 aromatic rings. The highest BCUT2D eigenvalue weighted by atomic mass is 15.2. The monoisotopic (exact) mass is 370 g/mol. The first-order valence-corrected chi connectivity index (χ1v) is 10.3. The van der Waals surface area contributed by atoms with Crippen molar-refractivity contribution < 1.29 is 0 Å². The summed E-state index contributed by atoms with van der Waals surface area (Å²) in [5, 5.41) is 3.45. The highest BCUT2D eigenvalue weighted by Gasteiger charge is 2.29. The molecule has 1 saturated carbocycles. The van der Waals surface area contributed by atoms with Crippen LogP contribution in [0.1, 0.15) is 48.1 Å². The molecule has 5 rings (SSSR count). The minimum Gasteiger partial charge on any atom is -0.350 e. The van der Waals surface area contributed by atoms with Gasteiger partial charge in [-0.2, -0.15) is 4.98 Å². The number of anilines is 2. The third kappa shape index (κ3) is 3.59. The van der Waals surface area contributed by atoms with E-state index in [2.05, 4.69) is 71.7 Å². The van der Waals surface area contributed by atoms with E-state index >= 15 is 0 Å². The number of hydrogen-bond acceptors (Lipinski definition) is 4. The summed E-state index contributed by atoms with van der Waals surface area (Å²) in [4.78, 5) is 12.2. The molecule has 1 aromatic heterocycles. The normalized spacial score (nSPS) is 18.6. The van der Waals surface area contributed by atoms with Crippen LogP contribution in [0.3, 0.4) is 0 Å². The van der Waals surface area contributed by atoms with Crippen LogP contribution >= 0.6 is 0 Å². The van der Waals surface area contributed by atoms with Gasteiger partial charge >= 0.3 is 0 Å². The van der Waals surface area contributed by atoms with Crippen molar-refractivity contribution in [3.63, 3.8) is 0 Å². The van der Waals surface area contributed by atoms with Crippen molar-refractivity contribution in [3.05, 3.63) is 83.0 Å². The predicted molar refractivity (Wildman–Crippen MR) is 114 cm³/mol. The highest BCUT2D eigenvalue weighted by molar-refractivity contribution is 5.50. The number of aromatic nitrogens is 2. The Hall–Kier alpha value is -2.88. The maximum atomic E-state index is 4.91. The van der Waals surface area contributed by atoms with Crippen LogP contribution in [0.4, 0.5) is 11.8 Å². The summed E-state index contributed by atoms with van der Waals surface area (Å²) < 4.78 is 0. The Morgan fingerprint density at radius 2 is 1.71 bits per heavy atom. The van der Waals surface area contributed by atoms with Gasteiger partial charge in [-0.1, -0.05) is 54.6 Å². The minimum atomic E-state index is 0.429. The van der Waals surface area contributed by atoms with Crippen molar-refractivity contribution in [2.24, 2.45) is 0 Å². The Kier molecular flexibility index (Phi) is 4.47. The van der Waals surface area contributed by atoms with Gasteiger partial charge in [0.1, 0.15) is 5.82 Å². The molecule has 2 aromatic carbocycles. The Morgan fingerprint density at radius 3 is 2.50 bits per heavy atom. The first-order chi connectivity index (χ1) is 13.8. The van der Waals surface area contributed by atoms with Gasteiger partial charge in [0.15, 0.2) is 0 Å². The van der Waals surface area contributed by atoms with Crippen molar-refractivity contribution in [3.8, 4) is 0 Å². The summed E-state index contributed by atoms with van der Waals surface area (Å²) in [5.41, 5.74) is 5.30. The fourth-order valence-electron chi connectivity index (χ4n) is 4.03. The molecule has 0 saturated heterocycles. The van der Waals surface area contributed by atoms with Crippen LogP contribution in [0.5, 0.6) is 0 Å². The molecule has 0 spiro atoms. The van der Waals surface area contributed by atoms with Crippen LogP contribution in [0.15, 0.2) is 60.7 Å². The molecule has 0 bridgehead atoms. The van der Waals surface area contributed by atoms with Crippen LogP contribution in [0, 0.1) is 0 Å². The van der Waals surface area contributed by atoms with Crippen molar-refractivity contribution in [2.45, 2.75) is 51.2 Å². The van der Waals surface area contributed by atoms with E-state index < -0.39 is 0 Å². The number of fused-ring (bicyclic) bond motifs is 1. The second kappa shape index (κ2) is 7.27. The average molecular weight is 370 g/mol. The molecular weight excluding hydrogens is 344 g/mol. The lowest BCUT2D eigenvalue weighted by Gasteiger charge is -2.36. The van der Waals surface area contributed by atoms with Crippen LogP contribution in [-0.2, 0) is 19.5 Å². The SMILES string of the molecule is C[C@H]1Cc2ccccc2CN1c1cc(C2CC2)nc(NCc2ccccc2)n1. The summed E-state index contributed by atoms with van der Waals surface area (Å²) in [6.07, 6.45) is 3.55. The average Bonchev–Trinajstić information content (AvgIpc) is 3.58. The standard InChI is InChI=1S/C24H26N4/c1-17-13-20-9-5-6-10-21(20)16-28(17)23-14-22(19-11-12-19)26-24(27-23)25-15-18-7-3-2-4-8-18/h2-10,14,17,19H,11-13,15-16H2,1H3,(H,25,26,27)/t17-/m0/s1. The number of nitrogens with one attached hydrogen (secondary N) is 1. The largest absolute Gasteiger partial charge is 0.350 e. The summed E-state index contributed by atoms with van der Waals surface area (Å²) in [6, 6.07) is 21.9. The van der Waals surface area contributed by atoms with Gasteiger partial charge in [-0.25, -0.2) is 4.98 Å². The zero-order valence-electron chi connectivity index (χ0n) is 16.3. The molecule has 1 fully saturated rings. The van der Waals surface area contributed by atoms with Gasteiger partial charge in [-0.3, -0.25) is 0 Å². The quantitative estimate of drug-likeness (QED) is 0.692. The maximum Gasteiger partial charge on any atom is 0.225 e. The summed E-state index contributed by atoms with van der Waals surface area (Å²) in [7, 11) is 0. The van der Waals surface area contributed by atoms with E-state index in [1.165, 1.54) is 35.2 Å². The Balaban J connectivity index is 1.43. The molecule has 2 heterocycles. The number of nitrogens with zero attached hydrogens (tertiary/aromatic N) is 3. The van der Waals surface area contributed by atoms with Crippen molar-refractivity contribution in [2.75, 3.05) is 10.2 Å². The predicted octanol–water partition coefficient (Wildman–Crippen LogP) is 4.92. The molecule has 1 aliphatic heterocycles. The fraction of sp³-hybridized carbons (Fsp3) is 0.333. The Morgan fingerprint density at radius 1 is 0.964 bits per heavy atom. The van der Waals surface area contributed by atoms with Gasteiger partial charge in [0, 0.05) is 31.1 Å². The summed E-state index contributed by atoms with van der Waals surface area (Å²) in [5.74, 6) is 2.40. The second-order valence-electron chi connectivity index (χ2n) is 8.04.